The molecule has 0 spiro atoms. The lowest BCUT2D eigenvalue weighted by Gasteiger charge is -2.23. The molecule has 5 nitrogen and oxygen atoms in total. The van der Waals surface area contributed by atoms with Crippen LogP contribution in [-0.2, 0) is 4.74 Å². The summed E-state index contributed by atoms with van der Waals surface area (Å²) >= 11 is 12.3. The summed E-state index contributed by atoms with van der Waals surface area (Å²) < 4.78 is 7.81. The van der Waals surface area contributed by atoms with E-state index < -0.39 is 0 Å². The molecule has 0 aliphatic carbocycles. The fourth-order valence-electron chi connectivity index (χ4n) is 3.04. The number of nitrogens with zero attached hydrogens (tertiary/aromatic N) is 4. The van der Waals surface area contributed by atoms with Crippen molar-refractivity contribution in [2.75, 3.05) is 6.61 Å². The maximum absolute atomic E-state index is 6.18. The molecule has 124 valence electrons. The first kappa shape index (κ1) is 15.8. The van der Waals surface area contributed by atoms with Crippen molar-refractivity contribution in [1.82, 2.24) is 19.5 Å². The van der Waals surface area contributed by atoms with Gasteiger partial charge in [-0.1, -0.05) is 17.7 Å². The average Bonchev–Trinajstić information content (AvgIpc) is 3.01. The van der Waals surface area contributed by atoms with Gasteiger partial charge < -0.3 is 4.74 Å². The van der Waals surface area contributed by atoms with Gasteiger partial charge >= 0.3 is 0 Å². The number of halogens is 2. The molecular weight excluding hydrogens is 347 g/mol. The standard InChI is InChI=1S/C17H16Cl2N4O/c1-10-8-11(5-6-12(10)18)14-15-16(22-17(19)21-14)23(9-20-15)13-4-2-3-7-24-13/h5-6,8-9,13H,2-4,7H2,1H3. The summed E-state index contributed by atoms with van der Waals surface area (Å²) in [5.74, 6) is 0. The van der Waals surface area contributed by atoms with Gasteiger partial charge in [0, 0.05) is 17.2 Å². The second-order valence-corrected chi connectivity index (χ2v) is 6.70. The minimum absolute atomic E-state index is 0.0467. The van der Waals surface area contributed by atoms with E-state index in [1.54, 1.807) is 6.33 Å². The van der Waals surface area contributed by atoms with Crippen LogP contribution in [0.1, 0.15) is 31.1 Å². The van der Waals surface area contributed by atoms with Gasteiger partial charge in [-0.15, -0.1) is 0 Å². The lowest BCUT2D eigenvalue weighted by Crippen LogP contribution is -2.17. The highest BCUT2D eigenvalue weighted by molar-refractivity contribution is 6.31. The van der Waals surface area contributed by atoms with Crippen LogP contribution in [0.15, 0.2) is 24.5 Å². The second kappa shape index (κ2) is 6.31. The summed E-state index contributed by atoms with van der Waals surface area (Å²) in [5.41, 5.74) is 4.02. The van der Waals surface area contributed by atoms with E-state index in [9.17, 15) is 0 Å². The minimum atomic E-state index is -0.0467. The molecule has 3 heterocycles. The molecule has 0 radical (unpaired) electrons. The Balaban J connectivity index is 1.87. The number of aryl methyl sites for hydroxylation is 1. The van der Waals surface area contributed by atoms with E-state index in [0.29, 0.717) is 11.3 Å². The average molecular weight is 363 g/mol. The number of imidazole rings is 1. The normalized spacial score (nSPS) is 18.2. The Morgan fingerprint density at radius 3 is 2.83 bits per heavy atom. The summed E-state index contributed by atoms with van der Waals surface area (Å²) in [7, 11) is 0. The van der Waals surface area contributed by atoms with Crippen molar-refractivity contribution in [2.24, 2.45) is 0 Å². The Bertz CT molecular complexity index is 903. The van der Waals surface area contributed by atoms with Gasteiger partial charge in [0.05, 0.1) is 6.33 Å². The molecule has 1 atom stereocenters. The lowest BCUT2D eigenvalue weighted by atomic mass is 10.1. The number of ether oxygens (including phenoxy) is 1. The summed E-state index contributed by atoms with van der Waals surface area (Å²) in [6.07, 6.45) is 4.88. The van der Waals surface area contributed by atoms with Gasteiger partial charge in [-0.3, -0.25) is 4.57 Å². The maximum Gasteiger partial charge on any atom is 0.225 e. The minimum Gasteiger partial charge on any atom is -0.358 e. The van der Waals surface area contributed by atoms with Crippen molar-refractivity contribution >= 4 is 34.4 Å². The predicted molar refractivity (Wildman–Crippen MR) is 94.4 cm³/mol. The smallest absolute Gasteiger partial charge is 0.225 e. The number of benzene rings is 1. The van der Waals surface area contributed by atoms with Crippen LogP contribution in [0, 0.1) is 6.92 Å². The third-order valence-corrected chi connectivity index (χ3v) is 4.88. The zero-order valence-corrected chi connectivity index (χ0v) is 14.7. The van der Waals surface area contributed by atoms with Crippen LogP contribution in [-0.4, -0.2) is 26.1 Å². The van der Waals surface area contributed by atoms with Gasteiger partial charge in [0.1, 0.15) is 17.4 Å². The Morgan fingerprint density at radius 2 is 2.08 bits per heavy atom. The van der Waals surface area contributed by atoms with Crippen molar-refractivity contribution in [3.05, 3.63) is 40.4 Å². The zero-order valence-electron chi connectivity index (χ0n) is 13.2. The number of fused-ring (bicyclic) bond motifs is 1. The van der Waals surface area contributed by atoms with Crippen LogP contribution < -0.4 is 0 Å². The highest BCUT2D eigenvalue weighted by Crippen LogP contribution is 2.32. The van der Waals surface area contributed by atoms with Crippen molar-refractivity contribution in [3.63, 3.8) is 0 Å². The predicted octanol–water partition coefficient (Wildman–Crippen LogP) is 4.81. The van der Waals surface area contributed by atoms with Crippen molar-refractivity contribution < 1.29 is 4.74 Å². The van der Waals surface area contributed by atoms with E-state index in [1.807, 2.05) is 29.7 Å². The van der Waals surface area contributed by atoms with Crippen LogP contribution >= 0.6 is 23.2 Å². The van der Waals surface area contributed by atoms with E-state index >= 15 is 0 Å². The first-order valence-electron chi connectivity index (χ1n) is 7.91. The van der Waals surface area contributed by atoms with E-state index in [4.69, 9.17) is 27.9 Å². The van der Waals surface area contributed by atoms with Gasteiger partial charge in [0.15, 0.2) is 5.65 Å². The van der Waals surface area contributed by atoms with Gasteiger partial charge in [-0.05, 0) is 55.5 Å². The Labute approximate surface area is 149 Å². The largest absolute Gasteiger partial charge is 0.358 e. The number of hydrogen-bond donors (Lipinski definition) is 0. The van der Waals surface area contributed by atoms with Gasteiger partial charge in [-0.25, -0.2) is 9.97 Å². The summed E-state index contributed by atoms with van der Waals surface area (Å²) in [4.78, 5) is 13.3. The summed E-state index contributed by atoms with van der Waals surface area (Å²) in [5, 5.41) is 0.916. The molecule has 1 unspecified atom stereocenters. The van der Waals surface area contributed by atoms with E-state index in [2.05, 4.69) is 15.0 Å². The molecule has 0 bridgehead atoms. The SMILES string of the molecule is Cc1cc(-c2nc(Cl)nc3c2ncn3C2CCCCO2)ccc1Cl. The fraction of sp³-hybridized carbons (Fsp3) is 0.353. The number of rotatable bonds is 2. The lowest BCUT2D eigenvalue weighted by molar-refractivity contribution is -0.0298. The molecule has 0 N–H and O–H groups in total. The maximum atomic E-state index is 6.18. The molecule has 0 saturated carbocycles. The molecular formula is C17H16Cl2N4O. The van der Waals surface area contributed by atoms with Crippen LogP contribution in [0.5, 0.6) is 0 Å². The first-order chi connectivity index (χ1) is 11.6. The highest BCUT2D eigenvalue weighted by Gasteiger charge is 2.21. The molecule has 1 fully saturated rings. The molecule has 1 aliphatic heterocycles. The number of aromatic nitrogens is 4. The van der Waals surface area contributed by atoms with Crippen LogP contribution in [0.2, 0.25) is 10.3 Å². The molecule has 2 aromatic heterocycles. The molecule has 1 saturated heterocycles. The molecule has 0 amide bonds. The third-order valence-electron chi connectivity index (χ3n) is 4.29. The van der Waals surface area contributed by atoms with Gasteiger partial charge in [-0.2, -0.15) is 4.98 Å². The van der Waals surface area contributed by atoms with Crippen molar-refractivity contribution in [2.45, 2.75) is 32.4 Å². The van der Waals surface area contributed by atoms with E-state index in [-0.39, 0.29) is 11.5 Å². The van der Waals surface area contributed by atoms with Crippen LogP contribution in [0.25, 0.3) is 22.4 Å². The molecule has 24 heavy (non-hydrogen) atoms. The molecule has 7 heteroatoms. The molecule has 4 rings (SSSR count). The van der Waals surface area contributed by atoms with Crippen LogP contribution in [0.3, 0.4) is 0 Å². The van der Waals surface area contributed by atoms with Crippen LogP contribution in [0.4, 0.5) is 0 Å². The summed E-state index contributed by atoms with van der Waals surface area (Å²) in [6.45, 7) is 2.71. The van der Waals surface area contributed by atoms with Crippen molar-refractivity contribution in [1.29, 1.82) is 0 Å². The fourth-order valence-corrected chi connectivity index (χ4v) is 3.32. The van der Waals surface area contributed by atoms with E-state index in [1.165, 1.54) is 0 Å². The molecule has 3 aromatic rings. The third kappa shape index (κ3) is 2.77. The first-order valence-corrected chi connectivity index (χ1v) is 8.67. The monoisotopic (exact) mass is 362 g/mol. The molecule has 1 aliphatic rings. The Hall–Kier alpha value is -1.69. The molecule has 1 aromatic carbocycles. The topological polar surface area (TPSA) is 52.8 Å². The Morgan fingerprint density at radius 1 is 1.21 bits per heavy atom. The Kier molecular flexibility index (Phi) is 4.16. The quantitative estimate of drug-likeness (QED) is 0.614. The van der Waals surface area contributed by atoms with E-state index in [0.717, 1.165) is 47.5 Å². The van der Waals surface area contributed by atoms with Crippen molar-refractivity contribution in [3.8, 4) is 11.3 Å². The highest BCUT2D eigenvalue weighted by atomic mass is 35.5. The second-order valence-electron chi connectivity index (χ2n) is 5.95. The van der Waals surface area contributed by atoms with Gasteiger partial charge in [0.2, 0.25) is 5.28 Å². The number of hydrogen-bond acceptors (Lipinski definition) is 4. The summed E-state index contributed by atoms with van der Waals surface area (Å²) in [6, 6.07) is 5.76. The van der Waals surface area contributed by atoms with Gasteiger partial charge in [0.25, 0.3) is 0 Å². The zero-order chi connectivity index (χ0) is 16.7.